The molecule has 0 radical (unpaired) electrons. The summed E-state index contributed by atoms with van der Waals surface area (Å²) in [5.41, 5.74) is 0.589. The molecule has 0 aromatic carbocycles. The number of hydrogen-bond acceptors (Lipinski definition) is 4. The van der Waals surface area contributed by atoms with Crippen LogP contribution >= 0.6 is 15.9 Å². The molecule has 94 valence electrons. The second-order valence-corrected chi connectivity index (χ2v) is 4.94. The van der Waals surface area contributed by atoms with Crippen LogP contribution in [-0.2, 0) is 4.79 Å². The van der Waals surface area contributed by atoms with Crippen LogP contribution in [-0.4, -0.2) is 55.7 Å². The summed E-state index contributed by atoms with van der Waals surface area (Å²) in [7, 11) is 5.63. The molecule has 1 heterocycles. The number of carbonyl (C=O) groups excluding carboxylic acids is 1. The molecule has 1 aliphatic heterocycles. The standard InChI is InChI=1S/C11H17BrN4O/c1-15(2)5-4-14-6-8-10(13)9(12)7-16(3)11(8)17/h6-7,13-14H,4-5H2,1-3H3/b8-6+,13-10?. The first-order valence-corrected chi connectivity index (χ1v) is 6.05. The highest BCUT2D eigenvalue weighted by atomic mass is 79.9. The molecule has 0 bridgehead atoms. The molecule has 0 aliphatic carbocycles. The van der Waals surface area contributed by atoms with E-state index in [1.807, 2.05) is 19.0 Å². The lowest BCUT2D eigenvalue weighted by Crippen LogP contribution is -2.33. The average Bonchev–Trinajstić information content (AvgIpc) is 2.25. The fourth-order valence-electron chi connectivity index (χ4n) is 1.32. The number of amides is 1. The van der Waals surface area contributed by atoms with Gasteiger partial charge in [0, 0.05) is 32.5 Å². The summed E-state index contributed by atoms with van der Waals surface area (Å²) >= 11 is 3.26. The Hall–Kier alpha value is -1.14. The predicted octanol–water partition coefficient (Wildman–Crippen LogP) is 0.750. The SMILES string of the molecule is CN(C)CCN/C=C1\C(=N)C(Br)=CN(C)C1=O. The topological polar surface area (TPSA) is 59.4 Å². The number of nitrogens with one attached hydrogen (secondary N) is 2. The first kappa shape index (κ1) is 13.9. The molecule has 1 amide bonds. The maximum atomic E-state index is 11.8. The van der Waals surface area contributed by atoms with Crippen LogP contribution in [0, 0.1) is 5.41 Å². The van der Waals surface area contributed by atoms with Gasteiger partial charge in [-0.1, -0.05) is 0 Å². The monoisotopic (exact) mass is 300 g/mol. The van der Waals surface area contributed by atoms with E-state index in [1.165, 1.54) is 4.90 Å². The minimum Gasteiger partial charge on any atom is -0.389 e. The molecule has 5 nitrogen and oxygen atoms in total. The summed E-state index contributed by atoms with van der Waals surface area (Å²) in [6, 6.07) is 0. The minimum absolute atomic E-state index is 0.171. The van der Waals surface area contributed by atoms with Crippen molar-refractivity contribution in [1.29, 1.82) is 5.41 Å². The highest BCUT2D eigenvalue weighted by Gasteiger charge is 2.24. The van der Waals surface area contributed by atoms with Crippen molar-refractivity contribution in [3.63, 3.8) is 0 Å². The summed E-state index contributed by atoms with van der Waals surface area (Å²) in [6.45, 7) is 1.61. The Kier molecular flexibility index (Phi) is 4.89. The van der Waals surface area contributed by atoms with Crippen LogP contribution in [0.2, 0.25) is 0 Å². The number of hydrogen-bond donors (Lipinski definition) is 2. The maximum absolute atomic E-state index is 11.8. The molecule has 0 fully saturated rings. The molecular formula is C11H17BrN4O. The molecule has 17 heavy (non-hydrogen) atoms. The van der Waals surface area contributed by atoms with Gasteiger partial charge in [-0.15, -0.1) is 0 Å². The number of halogens is 1. The average molecular weight is 301 g/mol. The molecule has 0 unspecified atom stereocenters. The van der Waals surface area contributed by atoms with E-state index in [9.17, 15) is 4.79 Å². The highest BCUT2D eigenvalue weighted by Crippen LogP contribution is 2.20. The van der Waals surface area contributed by atoms with Crippen molar-refractivity contribution in [1.82, 2.24) is 15.1 Å². The van der Waals surface area contributed by atoms with E-state index in [2.05, 4.69) is 21.2 Å². The van der Waals surface area contributed by atoms with Crippen molar-refractivity contribution >= 4 is 27.5 Å². The van der Waals surface area contributed by atoms with Crippen LogP contribution in [0.4, 0.5) is 0 Å². The van der Waals surface area contributed by atoms with Crippen LogP contribution in [0.3, 0.4) is 0 Å². The van der Waals surface area contributed by atoms with Gasteiger partial charge >= 0.3 is 0 Å². The second kappa shape index (κ2) is 5.97. The molecule has 2 N–H and O–H groups in total. The molecule has 0 aromatic heterocycles. The van der Waals surface area contributed by atoms with E-state index in [-0.39, 0.29) is 11.6 Å². The van der Waals surface area contributed by atoms with E-state index in [0.717, 1.165) is 13.1 Å². The normalized spacial score (nSPS) is 19.0. The van der Waals surface area contributed by atoms with Crippen molar-refractivity contribution in [3.05, 3.63) is 22.5 Å². The molecule has 0 saturated carbocycles. The molecule has 1 rings (SSSR count). The summed E-state index contributed by atoms with van der Waals surface area (Å²) in [5.74, 6) is -0.171. The van der Waals surface area contributed by atoms with Gasteiger partial charge in [0.05, 0.1) is 15.8 Å². The molecule has 6 heteroatoms. The van der Waals surface area contributed by atoms with Crippen LogP contribution < -0.4 is 5.32 Å². The molecule has 1 aliphatic rings. The van der Waals surface area contributed by atoms with Crippen molar-refractivity contribution in [2.24, 2.45) is 0 Å². The van der Waals surface area contributed by atoms with Gasteiger partial charge in [0.15, 0.2) is 0 Å². The van der Waals surface area contributed by atoms with E-state index < -0.39 is 0 Å². The molecule has 0 spiro atoms. The van der Waals surface area contributed by atoms with E-state index in [1.54, 1.807) is 19.4 Å². The summed E-state index contributed by atoms with van der Waals surface area (Å²) in [6.07, 6.45) is 3.21. The lowest BCUT2D eigenvalue weighted by atomic mass is 10.1. The van der Waals surface area contributed by atoms with Crippen molar-refractivity contribution < 1.29 is 4.79 Å². The van der Waals surface area contributed by atoms with Crippen LogP contribution in [0.5, 0.6) is 0 Å². The zero-order chi connectivity index (χ0) is 13.0. The minimum atomic E-state index is -0.171. The number of allylic oxidation sites excluding steroid dienone is 1. The Morgan fingerprint density at radius 3 is 2.82 bits per heavy atom. The summed E-state index contributed by atoms with van der Waals surface area (Å²) < 4.78 is 0.611. The number of nitrogens with zero attached hydrogens (tertiary/aromatic N) is 2. The van der Waals surface area contributed by atoms with Crippen LogP contribution in [0.25, 0.3) is 0 Å². The molecular weight excluding hydrogens is 284 g/mol. The first-order valence-electron chi connectivity index (χ1n) is 5.25. The van der Waals surface area contributed by atoms with Crippen molar-refractivity contribution in [2.45, 2.75) is 0 Å². The van der Waals surface area contributed by atoms with Gasteiger partial charge in [-0.3, -0.25) is 10.2 Å². The predicted molar refractivity (Wildman–Crippen MR) is 72.1 cm³/mol. The van der Waals surface area contributed by atoms with Gasteiger partial charge in [-0.05, 0) is 30.0 Å². The van der Waals surface area contributed by atoms with Gasteiger partial charge in [0.25, 0.3) is 5.91 Å². The Balaban J connectivity index is 2.69. The number of rotatable bonds is 4. The van der Waals surface area contributed by atoms with Crippen LogP contribution in [0.1, 0.15) is 0 Å². The fraction of sp³-hybridized carbons (Fsp3) is 0.455. The van der Waals surface area contributed by atoms with Gasteiger partial charge in [-0.25, -0.2) is 0 Å². The molecule has 0 saturated heterocycles. The number of likely N-dealkylation sites (N-methyl/N-ethyl adjacent to an activating group) is 2. The first-order chi connectivity index (χ1) is 7.93. The Morgan fingerprint density at radius 2 is 2.24 bits per heavy atom. The lowest BCUT2D eigenvalue weighted by Gasteiger charge is -2.21. The number of carbonyl (C=O) groups is 1. The highest BCUT2D eigenvalue weighted by molar-refractivity contribution is 9.12. The van der Waals surface area contributed by atoms with Gasteiger partial charge in [0.1, 0.15) is 0 Å². The van der Waals surface area contributed by atoms with Crippen molar-refractivity contribution in [3.8, 4) is 0 Å². The summed E-state index contributed by atoms with van der Waals surface area (Å²) in [5, 5.41) is 10.9. The third kappa shape index (κ3) is 3.67. The fourth-order valence-corrected chi connectivity index (χ4v) is 1.84. The van der Waals surface area contributed by atoms with Gasteiger partial charge in [0.2, 0.25) is 0 Å². The van der Waals surface area contributed by atoms with E-state index in [4.69, 9.17) is 5.41 Å². The lowest BCUT2D eigenvalue weighted by molar-refractivity contribution is -0.123. The van der Waals surface area contributed by atoms with E-state index in [0.29, 0.717) is 10.1 Å². The zero-order valence-electron chi connectivity index (χ0n) is 10.2. The second-order valence-electron chi connectivity index (χ2n) is 4.08. The Labute approximate surface area is 110 Å². The molecule has 0 atom stereocenters. The maximum Gasteiger partial charge on any atom is 0.261 e. The van der Waals surface area contributed by atoms with Crippen molar-refractivity contribution in [2.75, 3.05) is 34.2 Å². The summed E-state index contributed by atoms with van der Waals surface area (Å²) in [4.78, 5) is 15.3. The van der Waals surface area contributed by atoms with E-state index >= 15 is 0 Å². The zero-order valence-corrected chi connectivity index (χ0v) is 11.8. The Bertz CT molecular complexity index is 387. The Morgan fingerprint density at radius 1 is 1.59 bits per heavy atom. The van der Waals surface area contributed by atoms with Gasteiger partial charge in [-0.2, -0.15) is 0 Å². The largest absolute Gasteiger partial charge is 0.389 e. The third-order valence-corrected chi connectivity index (χ3v) is 2.92. The molecule has 0 aromatic rings. The van der Waals surface area contributed by atoms with Gasteiger partial charge < -0.3 is 15.1 Å². The smallest absolute Gasteiger partial charge is 0.261 e. The quantitative estimate of drug-likeness (QED) is 0.595. The van der Waals surface area contributed by atoms with Crippen LogP contribution in [0.15, 0.2) is 22.5 Å². The third-order valence-electron chi connectivity index (χ3n) is 2.32.